The molecule has 1 nitrogen and oxygen atoms in total. The van der Waals surface area contributed by atoms with Gasteiger partial charge in [-0.2, -0.15) is 27.8 Å². The second-order valence-electron chi connectivity index (χ2n) is 6.74. The maximum absolute atomic E-state index is 3.10. The van der Waals surface area contributed by atoms with Crippen LogP contribution in [0.3, 0.4) is 0 Å². The van der Waals surface area contributed by atoms with Gasteiger partial charge in [0.1, 0.15) is 0 Å². The number of hydrogen-bond donors (Lipinski definition) is 1. The van der Waals surface area contributed by atoms with Crippen LogP contribution in [0, 0.1) is 40.8 Å². The van der Waals surface area contributed by atoms with E-state index in [-0.39, 0.29) is 46.5 Å². The summed E-state index contributed by atoms with van der Waals surface area (Å²) in [5.74, 6) is 0.831. The molecular weight excluding hydrogens is 385 g/mol. The molecule has 1 unspecified atom stereocenters. The van der Waals surface area contributed by atoms with E-state index in [1.54, 1.807) is 22.3 Å². The van der Waals surface area contributed by atoms with Gasteiger partial charge in [-0.25, -0.2) is 0 Å². The summed E-state index contributed by atoms with van der Waals surface area (Å²) in [5.41, 5.74) is 11.6. The van der Waals surface area contributed by atoms with E-state index < -0.39 is 0 Å². The number of H-pyrrole nitrogens is 1. The fraction of sp³-hybridized carbons (Fsp3) is 0.381. The summed E-state index contributed by atoms with van der Waals surface area (Å²) in [5, 5.41) is 1.31. The van der Waals surface area contributed by atoms with E-state index in [0.29, 0.717) is 0 Å². The van der Waals surface area contributed by atoms with E-state index in [1.165, 1.54) is 34.0 Å². The Morgan fingerprint density at radius 3 is 2.16 bits per heavy atom. The van der Waals surface area contributed by atoms with Crippen LogP contribution in [0.1, 0.15) is 51.8 Å². The predicted molar refractivity (Wildman–Crippen MR) is 95.0 cm³/mol. The zero-order valence-corrected chi connectivity index (χ0v) is 18.8. The number of aromatic amines is 1. The van der Waals surface area contributed by atoms with Crippen LogP contribution in [0.25, 0.3) is 10.9 Å². The molecule has 0 saturated carbocycles. The van der Waals surface area contributed by atoms with Gasteiger partial charge in [-0.1, -0.05) is 66.0 Å². The van der Waals surface area contributed by atoms with Crippen molar-refractivity contribution >= 4 is 10.9 Å². The molecule has 0 bridgehead atoms. The van der Waals surface area contributed by atoms with E-state index in [9.17, 15) is 0 Å². The summed E-state index contributed by atoms with van der Waals surface area (Å²) in [4.78, 5) is 3.10. The predicted octanol–water partition coefficient (Wildman–Crippen LogP) is -0.419. The molecule has 132 valence electrons. The summed E-state index contributed by atoms with van der Waals surface area (Å²) < 4.78 is 0. The third kappa shape index (κ3) is 4.22. The van der Waals surface area contributed by atoms with Crippen molar-refractivity contribution in [3.8, 4) is 0 Å². The van der Waals surface area contributed by atoms with Gasteiger partial charge in [-0.05, 0) is 0 Å². The second-order valence-corrected chi connectivity index (χ2v) is 6.74. The van der Waals surface area contributed by atoms with Crippen molar-refractivity contribution < 1.29 is 46.5 Å². The molecule has 1 atom stereocenters. The van der Waals surface area contributed by atoms with Gasteiger partial charge in [0, 0.05) is 0 Å². The van der Waals surface area contributed by atoms with Crippen molar-refractivity contribution in [1.82, 2.24) is 4.98 Å². The first-order valence-corrected chi connectivity index (χ1v) is 8.12. The molecule has 0 fully saturated rings. The third-order valence-corrected chi connectivity index (χ3v) is 5.34. The number of benzene rings is 1. The summed E-state index contributed by atoms with van der Waals surface area (Å²) >= 11 is 0. The van der Waals surface area contributed by atoms with Gasteiger partial charge >= 0.3 is 21.7 Å². The molecule has 0 radical (unpaired) electrons. The first-order valence-electron chi connectivity index (χ1n) is 8.12. The van der Waals surface area contributed by atoms with Crippen LogP contribution >= 0.6 is 0 Å². The van der Waals surface area contributed by atoms with Gasteiger partial charge in [0.2, 0.25) is 0 Å². The van der Waals surface area contributed by atoms with Crippen LogP contribution < -0.4 is 24.8 Å². The molecule has 1 aromatic heterocycles. The Morgan fingerprint density at radius 1 is 1.04 bits per heavy atom. The van der Waals surface area contributed by atoms with Gasteiger partial charge in [-0.3, -0.25) is 0 Å². The van der Waals surface area contributed by atoms with Crippen LogP contribution in [-0.4, -0.2) is 4.98 Å². The molecule has 1 heterocycles. The standard InChI is InChI=1S/C11H15.C10H10N.2ClH.Ti/c1-6-5-10-8(3)7(2)9(4)11(6)10;1-7-4-3-5-9-10(7)8(2)6-11-9;;;/h6H,5H2,1-4H3;3-5,11H,1-2H3;2*1H;/q2*-1;;;+4/p-2. The molecule has 3 aromatic rings. The van der Waals surface area contributed by atoms with Gasteiger partial charge in [-0.15, -0.1) is 34.3 Å². The summed E-state index contributed by atoms with van der Waals surface area (Å²) in [6, 6.07) is 6.25. The topological polar surface area (TPSA) is 15.8 Å². The van der Waals surface area contributed by atoms with E-state index in [4.69, 9.17) is 0 Å². The molecule has 1 aliphatic carbocycles. The van der Waals surface area contributed by atoms with Crippen LogP contribution in [0.4, 0.5) is 0 Å². The number of hydrogen-bond acceptors (Lipinski definition) is 0. The molecule has 0 saturated heterocycles. The molecule has 4 heteroatoms. The number of aromatic nitrogens is 1. The Labute approximate surface area is 179 Å². The van der Waals surface area contributed by atoms with Gasteiger partial charge in [0.15, 0.2) is 0 Å². The minimum Gasteiger partial charge on any atom is -1.00 e. The van der Waals surface area contributed by atoms with Crippen molar-refractivity contribution in [3.63, 3.8) is 0 Å². The summed E-state index contributed by atoms with van der Waals surface area (Å²) in [7, 11) is 0. The van der Waals surface area contributed by atoms with Crippen molar-refractivity contribution in [2.45, 2.75) is 53.9 Å². The van der Waals surface area contributed by atoms with Crippen LogP contribution in [-0.2, 0) is 28.1 Å². The Balaban J connectivity index is 0.000000411. The van der Waals surface area contributed by atoms with Crippen molar-refractivity contribution in [1.29, 1.82) is 0 Å². The minimum atomic E-state index is 0. The zero-order chi connectivity index (χ0) is 16.0. The summed E-state index contributed by atoms with van der Waals surface area (Å²) in [6.07, 6.45) is 4.41. The number of halogens is 2. The third-order valence-electron chi connectivity index (χ3n) is 5.34. The fourth-order valence-corrected chi connectivity index (χ4v) is 3.84. The second kappa shape index (κ2) is 9.37. The van der Waals surface area contributed by atoms with Gasteiger partial charge in [0.05, 0.1) is 0 Å². The zero-order valence-electron chi connectivity index (χ0n) is 15.8. The molecule has 0 amide bonds. The quantitative estimate of drug-likeness (QED) is 0.383. The largest absolute Gasteiger partial charge is 4.00 e. The number of rotatable bonds is 0. The first kappa shape index (κ1) is 24.4. The smallest absolute Gasteiger partial charge is 1.00 e. The van der Waals surface area contributed by atoms with E-state index in [0.717, 1.165) is 5.92 Å². The molecular formula is C21H25Cl2NTi. The van der Waals surface area contributed by atoms with Gasteiger partial charge < -0.3 is 29.8 Å². The minimum absolute atomic E-state index is 0. The Hall–Kier alpha value is -0.596. The Morgan fingerprint density at radius 2 is 1.68 bits per heavy atom. The van der Waals surface area contributed by atoms with Crippen molar-refractivity contribution in [3.05, 3.63) is 63.3 Å². The molecule has 2 aromatic carbocycles. The van der Waals surface area contributed by atoms with E-state index in [2.05, 4.69) is 70.9 Å². The monoisotopic (exact) mass is 409 g/mol. The van der Waals surface area contributed by atoms with Crippen molar-refractivity contribution in [2.75, 3.05) is 0 Å². The Bertz CT molecular complexity index is 826. The maximum Gasteiger partial charge on any atom is 4.00 e. The first-order chi connectivity index (χ1) is 10.4. The number of nitrogens with one attached hydrogen (secondary N) is 1. The van der Waals surface area contributed by atoms with Crippen LogP contribution in [0.15, 0.2) is 18.2 Å². The fourth-order valence-electron chi connectivity index (χ4n) is 3.84. The molecule has 0 aliphatic heterocycles. The number of aryl methyl sites for hydroxylation is 2. The molecule has 4 rings (SSSR count). The average molecular weight is 410 g/mol. The summed E-state index contributed by atoms with van der Waals surface area (Å²) in [6.45, 7) is 13.3. The molecule has 0 spiro atoms. The normalized spacial score (nSPS) is 14.1. The van der Waals surface area contributed by atoms with Crippen LogP contribution in [0.2, 0.25) is 0 Å². The molecule has 25 heavy (non-hydrogen) atoms. The number of fused-ring (bicyclic) bond motifs is 2. The molecule has 1 aliphatic rings. The van der Waals surface area contributed by atoms with E-state index >= 15 is 0 Å². The van der Waals surface area contributed by atoms with Crippen LogP contribution in [0.5, 0.6) is 0 Å². The van der Waals surface area contributed by atoms with Crippen molar-refractivity contribution in [2.24, 2.45) is 0 Å². The molecule has 1 N–H and O–H groups in total. The average Bonchev–Trinajstić information content (AvgIpc) is 2.93. The van der Waals surface area contributed by atoms with E-state index in [1.807, 2.05) is 0 Å². The Kier molecular flexibility index (Phi) is 9.15. The van der Waals surface area contributed by atoms with Gasteiger partial charge in [0.25, 0.3) is 0 Å². The SMILES string of the molecule is Cc1[c-][nH]c2cccc(C)c12.Cc1c(C)c2[c-](c1C)C(C)C2.[Cl-].[Cl-].[Ti+4]. The maximum atomic E-state index is 3.10.